The SMILES string of the molecule is CC(C)(C)C1=CC(c2[c-]c3c(cc2)-c2ccccc2C3)C=C1.C[SiH]C.[F-].[F-].[Zr+3]. The van der Waals surface area contributed by atoms with Crippen LogP contribution >= 0.6 is 0 Å². The average molecular weight is 474 g/mol. The fourth-order valence-electron chi connectivity index (χ4n) is 3.48. The minimum atomic E-state index is 0. The van der Waals surface area contributed by atoms with Crippen LogP contribution in [0.2, 0.25) is 13.1 Å². The van der Waals surface area contributed by atoms with E-state index in [9.17, 15) is 0 Å². The molecular weight excluding hydrogens is 446 g/mol. The predicted molar refractivity (Wildman–Crippen MR) is 112 cm³/mol. The van der Waals surface area contributed by atoms with Crippen molar-refractivity contribution in [1.82, 2.24) is 0 Å². The van der Waals surface area contributed by atoms with Crippen LogP contribution in [0.4, 0.5) is 0 Å². The normalized spacial score (nSPS) is 15.6. The van der Waals surface area contributed by atoms with E-state index in [2.05, 4.69) is 94.6 Å². The molecular formula is C24H28F2SiZr. The zero-order valence-electron chi connectivity index (χ0n) is 17.3. The molecule has 0 spiro atoms. The van der Waals surface area contributed by atoms with Crippen LogP contribution in [-0.2, 0) is 32.6 Å². The molecule has 0 nitrogen and oxygen atoms in total. The van der Waals surface area contributed by atoms with Crippen LogP contribution in [0.1, 0.15) is 43.4 Å². The molecule has 2 aliphatic carbocycles. The summed E-state index contributed by atoms with van der Waals surface area (Å²) in [6.07, 6.45) is 7.99. The van der Waals surface area contributed by atoms with Gasteiger partial charge in [0.2, 0.25) is 0 Å². The number of fused-ring (bicyclic) bond motifs is 3. The number of rotatable bonds is 1. The molecule has 1 atom stereocenters. The van der Waals surface area contributed by atoms with Gasteiger partial charge in [-0.1, -0.05) is 87.5 Å². The van der Waals surface area contributed by atoms with Gasteiger partial charge in [-0.25, -0.2) is 0 Å². The van der Waals surface area contributed by atoms with E-state index in [1.807, 2.05) is 0 Å². The molecule has 146 valence electrons. The Morgan fingerprint density at radius 2 is 1.61 bits per heavy atom. The van der Waals surface area contributed by atoms with Gasteiger partial charge >= 0.3 is 26.2 Å². The second-order valence-corrected chi connectivity index (χ2v) is 9.13. The van der Waals surface area contributed by atoms with Crippen LogP contribution in [0.15, 0.2) is 60.2 Å². The first kappa shape index (κ1) is 26.9. The van der Waals surface area contributed by atoms with E-state index in [1.165, 1.54) is 33.4 Å². The summed E-state index contributed by atoms with van der Waals surface area (Å²) in [5.41, 5.74) is 8.47. The van der Waals surface area contributed by atoms with E-state index in [0.29, 0.717) is 5.92 Å². The van der Waals surface area contributed by atoms with Crippen molar-refractivity contribution in [2.75, 3.05) is 0 Å². The van der Waals surface area contributed by atoms with E-state index in [4.69, 9.17) is 0 Å². The number of hydrogen-bond donors (Lipinski definition) is 0. The Morgan fingerprint density at radius 1 is 0.964 bits per heavy atom. The second-order valence-electron chi connectivity index (χ2n) is 7.97. The van der Waals surface area contributed by atoms with E-state index in [0.717, 1.165) is 15.9 Å². The first-order valence-electron chi connectivity index (χ1n) is 9.22. The third kappa shape index (κ3) is 5.70. The van der Waals surface area contributed by atoms with Crippen LogP contribution in [0, 0.1) is 11.5 Å². The summed E-state index contributed by atoms with van der Waals surface area (Å²) in [7, 11) is 0.750. The average Bonchev–Trinajstić information content (AvgIpc) is 3.19. The minimum Gasteiger partial charge on any atom is -1.00 e. The maximum atomic E-state index is 3.69. The third-order valence-corrected chi connectivity index (χ3v) is 4.79. The molecule has 2 aromatic rings. The summed E-state index contributed by atoms with van der Waals surface area (Å²) < 4.78 is 0. The zero-order valence-corrected chi connectivity index (χ0v) is 20.9. The number of allylic oxidation sites excluding steroid dienone is 4. The molecule has 28 heavy (non-hydrogen) atoms. The van der Waals surface area contributed by atoms with Gasteiger partial charge in [0.25, 0.3) is 0 Å². The van der Waals surface area contributed by atoms with Gasteiger partial charge in [0.1, 0.15) is 0 Å². The van der Waals surface area contributed by atoms with Crippen molar-refractivity contribution in [3.8, 4) is 11.1 Å². The Kier molecular flexibility index (Phi) is 10.7. The van der Waals surface area contributed by atoms with Crippen molar-refractivity contribution < 1.29 is 35.6 Å². The van der Waals surface area contributed by atoms with Crippen LogP contribution in [-0.4, -0.2) is 9.52 Å². The number of benzene rings is 2. The fraction of sp³-hybridized carbons (Fsp3) is 0.333. The summed E-state index contributed by atoms with van der Waals surface area (Å²) in [6.45, 7) is 11.2. The molecule has 0 heterocycles. The number of hydrogen-bond acceptors (Lipinski definition) is 0. The molecule has 4 heteroatoms. The van der Waals surface area contributed by atoms with Crippen molar-refractivity contribution in [3.63, 3.8) is 0 Å². The predicted octanol–water partition coefficient (Wildman–Crippen LogP) is 0.208. The Bertz CT molecular complexity index is 835. The quantitative estimate of drug-likeness (QED) is 0.350. The molecule has 0 bridgehead atoms. The molecule has 0 aliphatic heterocycles. The van der Waals surface area contributed by atoms with Gasteiger partial charge in [-0.2, -0.15) is 23.8 Å². The van der Waals surface area contributed by atoms with Gasteiger partial charge in [0, 0.05) is 9.52 Å². The molecule has 2 radical (unpaired) electrons. The Morgan fingerprint density at radius 3 is 2.21 bits per heavy atom. The summed E-state index contributed by atoms with van der Waals surface area (Å²) >= 11 is 0. The molecule has 0 N–H and O–H groups in total. The van der Waals surface area contributed by atoms with Gasteiger partial charge < -0.3 is 9.41 Å². The van der Waals surface area contributed by atoms with E-state index >= 15 is 0 Å². The van der Waals surface area contributed by atoms with E-state index < -0.39 is 0 Å². The third-order valence-electron chi connectivity index (χ3n) is 4.79. The Balaban J connectivity index is 0.00000115. The summed E-state index contributed by atoms with van der Waals surface area (Å²) in [5, 5.41) is 0. The second kappa shape index (κ2) is 11.2. The van der Waals surface area contributed by atoms with E-state index in [-0.39, 0.29) is 41.0 Å². The van der Waals surface area contributed by atoms with Gasteiger partial charge in [0.05, 0.1) is 0 Å². The van der Waals surface area contributed by atoms with Gasteiger partial charge in [-0.15, -0.1) is 11.1 Å². The van der Waals surface area contributed by atoms with Crippen LogP contribution in [0.5, 0.6) is 0 Å². The maximum Gasteiger partial charge on any atom is 3.00 e. The summed E-state index contributed by atoms with van der Waals surface area (Å²) in [4.78, 5) is 0. The molecule has 0 amide bonds. The smallest absolute Gasteiger partial charge is 1.00 e. The fourth-order valence-corrected chi connectivity index (χ4v) is 3.48. The van der Waals surface area contributed by atoms with Gasteiger partial charge in [-0.3, -0.25) is 0 Å². The van der Waals surface area contributed by atoms with Crippen molar-refractivity contribution in [3.05, 3.63) is 83.0 Å². The zero-order chi connectivity index (χ0) is 18.0. The molecule has 1 unspecified atom stereocenters. The van der Waals surface area contributed by atoms with Crippen molar-refractivity contribution in [2.45, 2.75) is 46.2 Å². The van der Waals surface area contributed by atoms with Crippen molar-refractivity contribution in [1.29, 1.82) is 0 Å². The van der Waals surface area contributed by atoms with Crippen molar-refractivity contribution in [2.24, 2.45) is 5.41 Å². The van der Waals surface area contributed by atoms with E-state index in [1.54, 1.807) is 0 Å². The molecule has 4 rings (SSSR count). The largest absolute Gasteiger partial charge is 3.00 e. The monoisotopic (exact) mass is 472 g/mol. The topological polar surface area (TPSA) is 0 Å². The first-order chi connectivity index (χ1) is 11.9. The van der Waals surface area contributed by atoms with Crippen LogP contribution in [0.3, 0.4) is 0 Å². The first-order valence-corrected chi connectivity index (χ1v) is 11.5. The molecule has 0 aromatic heterocycles. The molecule has 0 saturated heterocycles. The maximum absolute atomic E-state index is 3.69. The molecule has 0 fully saturated rings. The number of halogens is 2. The van der Waals surface area contributed by atoms with Crippen LogP contribution in [0.25, 0.3) is 11.1 Å². The van der Waals surface area contributed by atoms with Gasteiger partial charge in [0.15, 0.2) is 0 Å². The van der Waals surface area contributed by atoms with Gasteiger partial charge in [-0.05, 0) is 23.3 Å². The molecule has 0 saturated carbocycles. The Hall–Kier alpha value is -1.12. The van der Waals surface area contributed by atoms with Crippen LogP contribution < -0.4 is 9.41 Å². The molecule has 2 aromatic carbocycles. The summed E-state index contributed by atoms with van der Waals surface area (Å²) in [6, 6.07) is 16.9. The minimum absolute atomic E-state index is 0. The molecule has 2 aliphatic rings. The van der Waals surface area contributed by atoms with Crippen molar-refractivity contribution >= 4 is 9.52 Å². The standard InChI is InChI=1S/C22H21.C2H7Si.2FH.Zr/c1-22(2,3)19-10-8-16(14-19)15-9-11-21-18(12-15)13-17-6-4-5-7-20(17)21;1-3-2;;;/h4-11,14,16H,13H2,1-3H3;3H,1-2H3;2*1H;/q-1;;;;+3/p-2. The Labute approximate surface area is 190 Å². The summed E-state index contributed by atoms with van der Waals surface area (Å²) in [5.74, 6) is 0.378.